The molecule has 2 aromatic rings. The van der Waals surface area contributed by atoms with Crippen LogP contribution in [-0.4, -0.2) is 81.4 Å². The van der Waals surface area contributed by atoms with Gasteiger partial charge in [0.1, 0.15) is 12.3 Å². The molecule has 38 heavy (non-hydrogen) atoms. The second-order valence-corrected chi connectivity index (χ2v) is 12.4. The largest absolute Gasteiger partial charge is 0.482 e. The van der Waals surface area contributed by atoms with Gasteiger partial charge in [0.2, 0.25) is 15.9 Å². The van der Waals surface area contributed by atoms with Crippen LogP contribution < -0.4 is 14.5 Å². The van der Waals surface area contributed by atoms with Crippen LogP contribution in [0.5, 0.6) is 5.75 Å². The minimum Gasteiger partial charge on any atom is -0.482 e. The second kappa shape index (κ2) is 10.9. The van der Waals surface area contributed by atoms with E-state index in [2.05, 4.69) is 36.9 Å². The maximum absolute atomic E-state index is 13.4. The lowest BCUT2D eigenvalue weighted by atomic mass is 10.1. The lowest BCUT2D eigenvalue weighted by Gasteiger charge is -2.42. The van der Waals surface area contributed by atoms with E-state index in [9.17, 15) is 18.0 Å². The SMILES string of the molecule is Cc1cccc(N2CCN(C(=O)CN3C(=O)COc4ccc(S(=O)(=O)N5CCCCCC5)cc43)C[C@H]2C)c1. The van der Waals surface area contributed by atoms with Gasteiger partial charge >= 0.3 is 0 Å². The molecule has 3 aliphatic heterocycles. The Balaban J connectivity index is 1.32. The monoisotopic (exact) mass is 540 g/mol. The number of ether oxygens (including phenoxy) is 1. The van der Waals surface area contributed by atoms with Gasteiger partial charge in [-0.25, -0.2) is 8.42 Å². The highest BCUT2D eigenvalue weighted by Crippen LogP contribution is 2.35. The van der Waals surface area contributed by atoms with Gasteiger partial charge in [-0.15, -0.1) is 0 Å². The normalized spacial score (nSPS) is 21.1. The summed E-state index contributed by atoms with van der Waals surface area (Å²) in [7, 11) is -3.71. The molecule has 0 unspecified atom stereocenters. The van der Waals surface area contributed by atoms with Gasteiger partial charge < -0.3 is 14.5 Å². The van der Waals surface area contributed by atoms with Gasteiger partial charge in [0.25, 0.3) is 5.91 Å². The summed E-state index contributed by atoms with van der Waals surface area (Å²) in [6, 6.07) is 13.1. The van der Waals surface area contributed by atoms with Gasteiger partial charge in [-0.2, -0.15) is 4.31 Å². The topological polar surface area (TPSA) is 90.5 Å². The number of rotatable bonds is 5. The molecular formula is C28H36N4O5S. The molecule has 9 nitrogen and oxygen atoms in total. The van der Waals surface area contributed by atoms with E-state index in [4.69, 9.17) is 4.74 Å². The van der Waals surface area contributed by atoms with Crippen LogP contribution in [0.15, 0.2) is 47.4 Å². The van der Waals surface area contributed by atoms with Crippen LogP contribution in [0, 0.1) is 6.92 Å². The van der Waals surface area contributed by atoms with E-state index in [1.165, 1.54) is 26.9 Å². The molecule has 2 fully saturated rings. The van der Waals surface area contributed by atoms with Gasteiger partial charge in [-0.3, -0.25) is 14.5 Å². The Bertz CT molecular complexity index is 1310. The quantitative estimate of drug-likeness (QED) is 0.579. The van der Waals surface area contributed by atoms with Crippen LogP contribution in [0.1, 0.15) is 38.2 Å². The van der Waals surface area contributed by atoms with Gasteiger partial charge in [0.05, 0.1) is 10.6 Å². The highest BCUT2D eigenvalue weighted by molar-refractivity contribution is 7.89. The molecule has 5 rings (SSSR count). The number of carbonyl (C=O) groups excluding carboxylic acids is 2. The van der Waals surface area contributed by atoms with Crippen molar-refractivity contribution in [3.8, 4) is 5.75 Å². The molecule has 2 saturated heterocycles. The Kier molecular flexibility index (Phi) is 7.63. The fourth-order valence-electron chi connectivity index (χ4n) is 5.56. The Morgan fingerprint density at radius 2 is 1.76 bits per heavy atom. The van der Waals surface area contributed by atoms with E-state index in [1.807, 2.05) is 6.07 Å². The molecule has 3 aliphatic rings. The molecule has 204 valence electrons. The van der Waals surface area contributed by atoms with Crippen molar-refractivity contribution < 1.29 is 22.7 Å². The molecule has 1 atom stereocenters. The standard InChI is InChI=1S/C28H36N4O5S/c1-21-8-7-9-23(16-21)31-15-14-29(18-22(31)2)27(33)19-32-25-17-24(10-11-26(25)37-20-28(32)34)38(35,36)30-12-5-3-4-6-13-30/h7-11,16-17,22H,3-6,12-15,18-20H2,1-2H3/t22-/m1/s1. The average Bonchev–Trinajstić information content (AvgIpc) is 3.20. The van der Waals surface area contributed by atoms with Gasteiger partial charge in [0.15, 0.2) is 6.61 Å². The molecule has 0 bridgehead atoms. The van der Waals surface area contributed by atoms with Crippen LogP contribution in [0.4, 0.5) is 11.4 Å². The van der Waals surface area contributed by atoms with Crippen LogP contribution in [0.25, 0.3) is 0 Å². The van der Waals surface area contributed by atoms with E-state index < -0.39 is 10.0 Å². The number of nitrogens with zero attached hydrogens (tertiary/aromatic N) is 4. The summed E-state index contributed by atoms with van der Waals surface area (Å²) in [4.78, 5) is 31.8. The molecule has 2 amide bonds. The Morgan fingerprint density at radius 3 is 2.47 bits per heavy atom. The Labute approximate surface area is 225 Å². The highest BCUT2D eigenvalue weighted by atomic mass is 32.2. The molecule has 0 spiro atoms. The Morgan fingerprint density at radius 1 is 1.00 bits per heavy atom. The molecule has 2 aromatic carbocycles. The van der Waals surface area contributed by atoms with Crippen LogP contribution in [0.2, 0.25) is 0 Å². The molecule has 0 aliphatic carbocycles. The number of aryl methyl sites for hydroxylation is 1. The summed E-state index contributed by atoms with van der Waals surface area (Å²) in [5, 5.41) is 0. The number of sulfonamides is 1. The van der Waals surface area contributed by atoms with Gasteiger partial charge in [-0.05, 0) is 62.6 Å². The van der Waals surface area contributed by atoms with E-state index in [0.717, 1.165) is 31.4 Å². The van der Waals surface area contributed by atoms with Crippen molar-refractivity contribution >= 4 is 33.2 Å². The number of anilines is 2. The summed E-state index contributed by atoms with van der Waals surface area (Å²) in [6.45, 7) is 6.59. The minimum absolute atomic E-state index is 0.118. The summed E-state index contributed by atoms with van der Waals surface area (Å²) < 4.78 is 33.9. The van der Waals surface area contributed by atoms with Crippen molar-refractivity contribution in [2.75, 3.05) is 55.7 Å². The fourth-order valence-corrected chi connectivity index (χ4v) is 7.09. The lowest BCUT2D eigenvalue weighted by Crippen LogP contribution is -2.56. The molecule has 0 radical (unpaired) electrons. The molecule has 0 N–H and O–H groups in total. The number of carbonyl (C=O) groups is 2. The minimum atomic E-state index is -3.71. The highest BCUT2D eigenvalue weighted by Gasteiger charge is 2.34. The van der Waals surface area contributed by atoms with E-state index in [0.29, 0.717) is 44.2 Å². The zero-order valence-corrected chi connectivity index (χ0v) is 23.0. The van der Waals surface area contributed by atoms with Gasteiger partial charge in [-0.1, -0.05) is 25.0 Å². The number of piperazine rings is 1. The average molecular weight is 541 g/mol. The fraction of sp³-hybridized carbons (Fsp3) is 0.500. The first kappa shape index (κ1) is 26.5. The predicted molar refractivity (Wildman–Crippen MR) is 146 cm³/mol. The van der Waals surface area contributed by atoms with Crippen LogP contribution in [0.3, 0.4) is 0 Å². The third kappa shape index (κ3) is 5.37. The van der Waals surface area contributed by atoms with Crippen LogP contribution >= 0.6 is 0 Å². The van der Waals surface area contributed by atoms with Crippen molar-refractivity contribution in [3.63, 3.8) is 0 Å². The van der Waals surface area contributed by atoms with Crippen molar-refractivity contribution in [1.82, 2.24) is 9.21 Å². The van der Waals surface area contributed by atoms with Crippen molar-refractivity contribution in [2.24, 2.45) is 0 Å². The van der Waals surface area contributed by atoms with Gasteiger partial charge in [0, 0.05) is 44.5 Å². The maximum Gasteiger partial charge on any atom is 0.265 e. The lowest BCUT2D eigenvalue weighted by molar-refractivity contribution is -0.132. The summed E-state index contributed by atoms with van der Waals surface area (Å²) >= 11 is 0. The number of hydrogen-bond acceptors (Lipinski definition) is 6. The number of fused-ring (bicyclic) bond motifs is 1. The smallest absolute Gasteiger partial charge is 0.265 e. The number of amides is 2. The summed E-state index contributed by atoms with van der Waals surface area (Å²) in [6.07, 6.45) is 3.71. The molecular weight excluding hydrogens is 504 g/mol. The van der Waals surface area contributed by atoms with E-state index in [-0.39, 0.29) is 35.9 Å². The van der Waals surface area contributed by atoms with Crippen molar-refractivity contribution in [2.45, 2.75) is 50.5 Å². The number of hydrogen-bond donors (Lipinski definition) is 0. The first-order valence-electron chi connectivity index (χ1n) is 13.4. The first-order valence-corrected chi connectivity index (χ1v) is 14.9. The summed E-state index contributed by atoms with van der Waals surface area (Å²) in [5.74, 6) is -0.116. The third-order valence-corrected chi connectivity index (χ3v) is 9.58. The predicted octanol–water partition coefficient (Wildman–Crippen LogP) is 3.02. The van der Waals surface area contributed by atoms with Crippen LogP contribution in [-0.2, 0) is 19.6 Å². The van der Waals surface area contributed by atoms with Crippen molar-refractivity contribution in [1.29, 1.82) is 0 Å². The van der Waals surface area contributed by atoms with E-state index in [1.54, 1.807) is 11.0 Å². The van der Waals surface area contributed by atoms with Crippen molar-refractivity contribution in [3.05, 3.63) is 48.0 Å². The number of benzene rings is 2. The van der Waals surface area contributed by atoms with E-state index >= 15 is 0 Å². The second-order valence-electron chi connectivity index (χ2n) is 10.4. The summed E-state index contributed by atoms with van der Waals surface area (Å²) in [5.41, 5.74) is 2.66. The third-order valence-electron chi connectivity index (χ3n) is 7.68. The zero-order chi connectivity index (χ0) is 26.9. The molecule has 10 heteroatoms. The zero-order valence-electron chi connectivity index (χ0n) is 22.1. The molecule has 0 saturated carbocycles. The maximum atomic E-state index is 13.4. The molecule has 3 heterocycles. The first-order chi connectivity index (χ1) is 18.2. The Hall–Kier alpha value is -3.11. The molecule has 0 aromatic heterocycles.